The quantitative estimate of drug-likeness (QED) is 0.392. The molecular weight excluding hydrogens is 530 g/mol. The van der Waals surface area contributed by atoms with Crippen molar-refractivity contribution >= 4 is 29.1 Å². The molecule has 7 nitrogen and oxygen atoms in total. The van der Waals surface area contributed by atoms with Crippen LogP contribution in [0.4, 0.5) is 32.0 Å². The van der Waals surface area contributed by atoms with Crippen molar-refractivity contribution in [2.24, 2.45) is 22.6 Å². The predicted molar refractivity (Wildman–Crippen MR) is 131 cm³/mol. The van der Waals surface area contributed by atoms with Crippen LogP contribution in [0, 0.1) is 18.8 Å². The van der Waals surface area contributed by atoms with Gasteiger partial charge >= 0.3 is 12.4 Å². The van der Waals surface area contributed by atoms with E-state index in [-0.39, 0.29) is 5.71 Å². The SMILES string of the molecule is Cc1cccc(C2=N[C@H](NC(=O)C(CCC(F)(F)F)C(CCC(F)(F)F)C(N)=O)C(=O)Nc3ccccc32)c1. The number of alkyl halides is 6. The summed E-state index contributed by atoms with van der Waals surface area (Å²) in [5.74, 6) is -7.19. The Balaban J connectivity index is 1.99. The van der Waals surface area contributed by atoms with Gasteiger partial charge in [0.2, 0.25) is 18.0 Å². The van der Waals surface area contributed by atoms with E-state index in [2.05, 4.69) is 15.6 Å². The highest BCUT2D eigenvalue weighted by Crippen LogP contribution is 2.33. The third kappa shape index (κ3) is 8.29. The molecule has 1 aliphatic heterocycles. The van der Waals surface area contributed by atoms with Gasteiger partial charge in [-0.1, -0.05) is 42.0 Å². The van der Waals surface area contributed by atoms with E-state index in [9.17, 15) is 40.7 Å². The molecule has 0 fully saturated rings. The van der Waals surface area contributed by atoms with Gasteiger partial charge in [-0.3, -0.25) is 14.4 Å². The second-order valence-electron chi connectivity index (χ2n) is 9.22. The topological polar surface area (TPSA) is 114 Å². The second-order valence-corrected chi connectivity index (χ2v) is 9.22. The van der Waals surface area contributed by atoms with Crippen LogP contribution >= 0.6 is 0 Å². The number of hydrogen-bond acceptors (Lipinski definition) is 4. The summed E-state index contributed by atoms with van der Waals surface area (Å²) in [7, 11) is 0. The number of hydrogen-bond donors (Lipinski definition) is 3. The molecule has 0 bridgehead atoms. The van der Waals surface area contributed by atoms with Gasteiger partial charge in [-0.2, -0.15) is 26.3 Å². The smallest absolute Gasteiger partial charge is 0.369 e. The van der Waals surface area contributed by atoms with Crippen LogP contribution in [0.2, 0.25) is 0 Å². The number of primary amides is 1. The number of amides is 3. The number of anilines is 1. The number of nitrogens with two attached hydrogens (primary N) is 1. The number of carbonyl (C=O) groups excluding carboxylic acids is 3. The first-order chi connectivity index (χ1) is 18.1. The number of para-hydroxylation sites is 1. The molecule has 2 unspecified atom stereocenters. The molecule has 13 heteroatoms. The molecule has 2 aromatic carbocycles. The Bertz CT molecular complexity index is 1260. The van der Waals surface area contributed by atoms with Gasteiger partial charge in [0.05, 0.1) is 11.4 Å². The Morgan fingerprint density at radius 3 is 2.18 bits per heavy atom. The van der Waals surface area contributed by atoms with Crippen LogP contribution in [0.1, 0.15) is 42.4 Å². The zero-order valence-corrected chi connectivity index (χ0v) is 20.7. The summed E-state index contributed by atoms with van der Waals surface area (Å²) in [4.78, 5) is 42.6. The number of benzene rings is 2. The van der Waals surface area contributed by atoms with E-state index >= 15 is 0 Å². The number of aliphatic imine (C=N–C) groups is 1. The molecule has 4 N–H and O–H groups in total. The number of nitrogens with zero attached hydrogens (tertiary/aromatic N) is 1. The molecule has 0 spiro atoms. The molecule has 3 amide bonds. The number of fused-ring (bicyclic) bond motifs is 1. The van der Waals surface area contributed by atoms with Gasteiger partial charge in [0.25, 0.3) is 5.91 Å². The molecule has 39 heavy (non-hydrogen) atoms. The van der Waals surface area contributed by atoms with E-state index in [0.717, 1.165) is 5.56 Å². The summed E-state index contributed by atoms with van der Waals surface area (Å²) in [6.45, 7) is 1.82. The van der Waals surface area contributed by atoms with Crippen LogP contribution < -0.4 is 16.4 Å². The Morgan fingerprint density at radius 1 is 0.974 bits per heavy atom. The normalized spacial score (nSPS) is 17.3. The standard InChI is InChI=1S/C26H26F6N4O3/c1-14-5-4-6-15(13-14)20-18-7-2-3-8-19(18)34-24(39)22(35-20)36-23(38)17(10-12-26(30,31)32)16(21(33)37)9-11-25(27,28)29/h2-8,13,16-17,22H,9-12H2,1H3,(H2,33,37)(H,34,39)(H,36,38)/t16?,17?,22-/m1/s1. The lowest BCUT2D eigenvalue weighted by Crippen LogP contribution is -2.48. The monoisotopic (exact) mass is 556 g/mol. The molecule has 3 rings (SSSR count). The summed E-state index contributed by atoms with van der Waals surface area (Å²) >= 11 is 0. The van der Waals surface area contributed by atoms with Crippen molar-refractivity contribution in [2.75, 3.05) is 5.32 Å². The zero-order chi connectivity index (χ0) is 29.0. The van der Waals surface area contributed by atoms with Crippen LogP contribution in [0.25, 0.3) is 0 Å². The molecule has 0 saturated carbocycles. The van der Waals surface area contributed by atoms with Gasteiger partial charge in [0.1, 0.15) is 0 Å². The fourth-order valence-corrected chi connectivity index (χ4v) is 4.31. The minimum atomic E-state index is -4.76. The lowest BCUT2D eigenvalue weighted by atomic mass is 9.83. The molecule has 0 radical (unpaired) electrons. The van der Waals surface area contributed by atoms with Gasteiger partial charge in [0.15, 0.2) is 0 Å². The number of halogens is 6. The van der Waals surface area contributed by atoms with Gasteiger partial charge in [-0.25, -0.2) is 4.99 Å². The van der Waals surface area contributed by atoms with Crippen molar-refractivity contribution in [3.8, 4) is 0 Å². The average molecular weight is 557 g/mol. The molecule has 2 aromatic rings. The largest absolute Gasteiger partial charge is 0.389 e. The highest BCUT2D eigenvalue weighted by atomic mass is 19.4. The fourth-order valence-electron chi connectivity index (χ4n) is 4.31. The first-order valence-corrected chi connectivity index (χ1v) is 11.9. The molecule has 1 heterocycles. The number of carbonyl (C=O) groups is 3. The Kier molecular flexibility index (Phi) is 9.03. The zero-order valence-electron chi connectivity index (χ0n) is 20.7. The summed E-state index contributed by atoms with van der Waals surface area (Å²) in [5.41, 5.74) is 7.80. The van der Waals surface area contributed by atoms with E-state index in [1.807, 2.05) is 13.0 Å². The Morgan fingerprint density at radius 2 is 1.59 bits per heavy atom. The minimum absolute atomic E-state index is 0.285. The van der Waals surface area contributed by atoms with E-state index in [1.165, 1.54) is 0 Å². The first kappa shape index (κ1) is 29.7. The Hall–Kier alpha value is -3.90. The summed E-state index contributed by atoms with van der Waals surface area (Å²) in [6.07, 6.45) is -16.3. The molecule has 3 atom stereocenters. The summed E-state index contributed by atoms with van der Waals surface area (Å²) < 4.78 is 77.5. The van der Waals surface area contributed by atoms with E-state index < -0.39 is 73.8 Å². The van der Waals surface area contributed by atoms with Crippen LogP contribution in [0.15, 0.2) is 53.5 Å². The van der Waals surface area contributed by atoms with Crippen molar-refractivity contribution in [1.82, 2.24) is 5.32 Å². The predicted octanol–water partition coefficient (Wildman–Crippen LogP) is 4.63. The molecule has 210 valence electrons. The highest BCUT2D eigenvalue weighted by molar-refractivity contribution is 6.19. The highest BCUT2D eigenvalue weighted by Gasteiger charge is 2.40. The number of rotatable bonds is 9. The third-order valence-electron chi connectivity index (χ3n) is 6.18. The minimum Gasteiger partial charge on any atom is -0.369 e. The fraction of sp³-hybridized carbons (Fsp3) is 0.385. The van der Waals surface area contributed by atoms with Crippen molar-refractivity contribution in [1.29, 1.82) is 0 Å². The average Bonchev–Trinajstić information content (AvgIpc) is 2.95. The number of nitrogens with one attached hydrogen (secondary N) is 2. The van der Waals surface area contributed by atoms with Gasteiger partial charge in [0, 0.05) is 35.8 Å². The molecule has 0 saturated heterocycles. The van der Waals surface area contributed by atoms with Crippen LogP contribution in [0.5, 0.6) is 0 Å². The maximum absolute atomic E-state index is 13.2. The van der Waals surface area contributed by atoms with Gasteiger partial charge < -0.3 is 16.4 Å². The number of benzodiazepines with no additional fused rings is 1. The van der Waals surface area contributed by atoms with Crippen molar-refractivity contribution in [3.63, 3.8) is 0 Å². The van der Waals surface area contributed by atoms with Crippen molar-refractivity contribution in [2.45, 2.75) is 51.1 Å². The summed E-state index contributed by atoms with van der Waals surface area (Å²) in [5, 5.41) is 4.83. The van der Waals surface area contributed by atoms with Crippen LogP contribution in [-0.2, 0) is 14.4 Å². The van der Waals surface area contributed by atoms with Gasteiger partial charge in [-0.05, 0) is 31.9 Å². The van der Waals surface area contributed by atoms with Crippen LogP contribution in [0.3, 0.4) is 0 Å². The van der Waals surface area contributed by atoms with E-state index in [0.29, 0.717) is 16.8 Å². The molecular formula is C26H26F6N4O3. The maximum atomic E-state index is 13.2. The van der Waals surface area contributed by atoms with Crippen molar-refractivity contribution < 1.29 is 40.7 Å². The number of aryl methyl sites for hydroxylation is 1. The van der Waals surface area contributed by atoms with Gasteiger partial charge in [-0.15, -0.1) is 0 Å². The van der Waals surface area contributed by atoms with E-state index in [1.54, 1.807) is 42.5 Å². The lowest BCUT2D eigenvalue weighted by Gasteiger charge is -2.26. The molecule has 1 aliphatic rings. The lowest BCUT2D eigenvalue weighted by molar-refractivity contribution is -0.152. The third-order valence-corrected chi connectivity index (χ3v) is 6.18. The van der Waals surface area contributed by atoms with Crippen LogP contribution in [-0.4, -0.2) is 42.0 Å². The van der Waals surface area contributed by atoms with Crippen molar-refractivity contribution in [3.05, 3.63) is 65.2 Å². The molecule has 0 aromatic heterocycles. The molecule has 0 aliphatic carbocycles. The Labute approximate surface area is 219 Å². The van der Waals surface area contributed by atoms with E-state index in [4.69, 9.17) is 5.73 Å². The maximum Gasteiger partial charge on any atom is 0.389 e. The summed E-state index contributed by atoms with van der Waals surface area (Å²) in [6, 6.07) is 13.7. The first-order valence-electron chi connectivity index (χ1n) is 11.9. The second kappa shape index (κ2) is 11.9.